The third-order valence-electron chi connectivity index (χ3n) is 7.40. The molecule has 0 radical (unpaired) electrons. The summed E-state index contributed by atoms with van der Waals surface area (Å²) in [5.74, 6) is 3.47. The lowest BCUT2D eigenvalue weighted by atomic mass is 9.53. The van der Waals surface area contributed by atoms with Crippen LogP contribution in [0.5, 0.6) is 5.75 Å². The van der Waals surface area contributed by atoms with E-state index >= 15 is 0 Å². The molecule has 2 amide bonds. The summed E-state index contributed by atoms with van der Waals surface area (Å²) in [6, 6.07) is 8.36. The highest BCUT2D eigenvalue weighted by Gasteiger charge is 2.51. The van der Waals surface area contributed by atoms with Gasteiger partial charge in [-0.3, -0.25) is 0 Å². The molecule has 4 bridgehead atoms. The van der Waals surface area contributed by atoms with E-state index in [-0.39, 0.29) is 11.6 Å². The number of hydrogen-bond donors (Lipinski definition) is 1. The van der Waals surface area contributed by atoms with Crippen molar-refractivity contribution in [2.45, 2.75) is 44.1 Å². The molecule has 1 heterocycles. The van der Waals surface area contributed by atoms with Crippen LogP contribution >= 0.6 is 0 Å². The number of methoxy groups -OCH3 is 1. The van der Waals surface area contributed by atoms with Gasteiger partial charge in [-0.15, -0.1) is 0 Å². The average Bonchev–Trinajstić information content (AvgIpc) is 2.67. The third-order valence-corrected chi connectivity index (χ3v) is 7.40. The molecule has 5 nitrogen and oxygen atoms in total. The number of nitrogens with one attached hydrogen (secondary N) is 1. The first-order valence-corrected chi connectivity index (χ1v) is 10.6. The minimum Gasteiger partial charge on any atom is -0.497 e. The van der Waals surface area contributed by atoms with Crippen LogP contribution in [0.4, 0.5) is 10.5 Å². The lowest BCUT2D eigenvalue weighted by Crippen LogP contribution is -2.63. The number of nitrogens with zero attached hydrogens (tertiary/aromatic N) is 2. The lowest BCUT2D eigenvalue weighted by molar-refractivity contribution is -0.0157. The summed E-state index contributed by atoms with van der Waals surface area (Å²) in [5.41, 5.74) is 1.28. The minimum atomic E-state index is 0.107. The first-order valence-electron chi connectivity index (χ1n) is 10.6. The molecule has 5 fully saturated rings. The van der Waals surface area contributed by atoms with Crippen molar-refractivity contribution in [1.82, 2.24) is 10.2 Å². The molecule has 1 aromatic rings. The van der Waals surface area contributed by atoms with Crippen LogP contribution < -0.4 is 15.0 Å². The van der Waals surface area contributed by atoms with Crippen molar-refractivity contribution < 1.29 is 9.53 Å². The number of urea groups is 1. The summed E-state index contributed by atoms with van der Waals surface area (Å²) in [7, 11) is 1.70. The zero-order chi connectivity index (χ0) is 18.4. The van der Waals surface area contributed by atoms with Crippen molar-refractivity contribution in [2.75, 3.05) is 38.2 Å². The molecule has 0 spiro atoms. The Labute approximate surface area is 162 Å². The van der Waals surface area contributed by atoms with E-state index in [4.69, 9.17) is 4.74 Å². The van der Waals surface area contributed by atoms with E-state index in [0.717, 1.165) is 49.7 Å². The predicted octanol–water partition coefficient (Wildman–Crippen LogP) is 3.50. The average molecular weight is 370 g/mol. The van der Waals surface area contributed by atoms with Crippen LogP contribution in [0.15, 0.2) is 24.3 Å². The highest BCUT2D eigenvalue weighted by Crippen LogP contribution is 2.55. The van der Waals surface area contributed by atoms with Crippen LogP contribution in [-0.2, 0) is 0 Å². The maximum atomic E-state index is 13.0. The number of carbonyl (C=O) groups excluding carboxylic acids is 1. The molecule has 27 heavy (non-hydrogen) atoms. The molecule has 5 heteroatoms. The number of rotatable bonds is 3. The second kappa shape index (κ2) is 6.61. The van der Waals surface area contributed by atoms with Crippen LogP contribution in [-0.4, -0.2) is 49.8 Å². The maximum absolute atomic E-state index is 13.0. The smallest absolute Gasteiger partial charge is 0.317 e. The molecule has 0 aromatic heterocycles. The lowest BCUT2D eigenvalue weighted by Gasteiger charge is -2.57. The van der Waals surface area contributed by atoms with Crippen molar-refractivity contribution >= 4 is 11.7 Å². The van der Waals surface area contributed by atoms with Gasteiger partial charge >= 0.3 is 6.03 Å². The highest BCUT2D eigenvalue weighted by molar-refractivity contribution is 5.75. The van der Waals surface area contributed by atoms with Crippen LogP contribution in [0.25, 0.3) is 0 Å². The molecule has 1 aliphatic heterocycles. The molecule has 146 valence electrons. The van der Waals surface area contributed by atoms with Gasteiger partial charge in [0, 0.05) is 43.5 Å². The number of amides is 2. The third kappa shape index (κ3) is 3.26. The van der Waals surface area contributed by atoms with Crippen LogP contribution in [0.3, 0.4) is 0 Å². The Bertz CT molecular complexity index is 676. The van der Waals surface area contributed by atoms with Gasteiger partial charge in [0.05, 0.1) is 7.11 Å². The number of hydrogen-bond acceptors (Lipinski definition) is 3. The van der Waals surface area contributed by atoms with Crippen molar-refractivity contribution in [1.29, 1.82) is 0 Å². The Morgan fingerprint density at radius 3 is 2.26 bits per heavy atom. The van der Waals surface area contributed by atoms with Crippen LogP contribution in [0.2, 0.25) is 0 Å². The topological polar surface area (TPSA) is 44.8 Å². The Morgan fingerprint density at radius 1 is 1.04 bits per heavy atom. The Kier molecular flexibility index (Phi) is 4.21. The van der Waals surface area contributed by atoms with E-state index in [1.165, 1.54) is 44.2 Å². The first kappa shape index (κ1) is 17.2. The van der Waals surface area contributed by atoms with Gasteiger partial charge in [0.1, 0.15) is 5.75 Å². The summed E-state index contributed by atoms with van der Waals surface area (Å²) in [6.07, 6.45) is 7.88. The fraction of sp³-hybridized carbons (Fsp3) is 0.682. The zero-order valence-corrected chi connectivity index (χ0v) is 16.3. The molecule has 1 aromatic carbocycles. The number of anilines is 1. The molecule has 1 N–H and O–H groups in total. The fourth-order valence-corrected chi connectivity index (χ4v) is 6.54. The van der Waals surface area contributed by atoms with Crippen LogP contribution in [0, 0.1) is 17.8 Å². The molecule has 0 unspecified atom stereocenters. The van der Waals surface area contributed by atoms with E-state index in [0.29, 0.717) is 0 Å². The van der Waals surface area contributed by atoms with E-state index < -0.39 is 0 Å². The zero-order valence-electron chi connectivity index (χ0n) is 16.3. The van der Waals surface area contributed by atoms with Gasteiger partial charge in [-0.1, -0.05) is 6.07 Å². The maximum Gasteiger partial charge on any atom is 0.317 e. The highest BCUT2D eigenvalue weighted by atomic mass is 16.5. The number of carbonyl (C=O) groups is 1. The van der Waals surface area contributed by atoms with Crippen molar-refractivity contribution in [3.8, 4) is 5.75 Å². The minimum absolute atomic E-state index is 0.107. The summed E-state index contributed by atoms with van der Waals surface area (Å²) < 4.78 is 5.34. The standard InChI is InChI=1S/C22H31N3O2/c1-27-20-4-2-3-19(12-20)24-5-7-25(8-6-24)21(26)23-22-13-16-9-17(14-22)11-18(10-16)15-22/h2-4,12,16-18H,5-11,13-15H2,1H3,(H,23,26). The molecule has 6 rings (SSSR count). The van der Waals surface area contributed by atoms with Gasteiger partial charge in [-0.2, -0.15) is 0 Å². The fourth-order valence-electron chi connectivity index (χ4n) is 6.54. The summed E-state index contributed by atoms with van der Waals surface area (Å²) >= 11 is 0. The van der Waals surface area contributed by atoms with Gasteiger partial charge in [-0.25, -0.2) is 4.79 Å². The quantitative estimate of drug-likeness (QED) is 0.887. The van der Waals surface area contributed by atoms with Gasteiger partial charge < -0.3 is 19.9 Å². The number of benzene rings is 1. The largest absolute Gasteiger partial charge is 0.497 e. The summed E-state index contributed by atoms with van der Waals surface area (Å²) in [4.78, 5) is 17.4. The number of piperazine rings is 1. The molecule has 1 saturated heterocycles. The normalized spacial score (nSPS) is 34.6. The van der Waals surface area contributed by atoms with Gasteiger partial charge in [0.2, 0.25) is 0 Å². The van der Waals surface area contributed by atoms with E-state index in [1.54, 1.807) is 7.11 Å². The molecule has 5 aliphatic rings. The Hall–Kier alpha value is -1.91. The molecule has 0 atom stereocenters. The molecule has 4 aliphatic carbocycles. The van der Waals surface area contributed by atoms with Crippen molar-refractivity contribution in [3.05, 3.63) is 24.3 Å². The van der Waals surface area contributed by atoms with E-state index in [2.05, 4.69) is 22.3 Å². The Balaban J connectivity index is 1.19. The second-order valence-corrected chi connectivity index (χ2v) is 9.30. The van der Waals surface area contributed by atoms with Gasteiger partial charge in [0.15, 0.2) is 0 Å². The predicted molar refractivity (Wildman–Crippen MR) is 106 cm³/mol. The van der Waals surface area contributed by atoms with E-state index in [9.17, 15) is 4.79 Å². The molecular formula is C22H31N3O2. The van der Waals surface area contributed by atoms with Gasteiger partial charge in [-0.05, 0) is 68.4 Å². The molecular weight excluding hydrogens is 338 g/mol. The van der Waals surface area contributed by atoms with Crippen molar-refractivity contribution in [2.24, 2.45) is 17.8 Å². The summed E-state index contributed by atoms with van der Waals surface area (Å²) in [5, 5.41) is 3.52. The summed E-state index contributed by atoms with van der Waals surface area (Å²) in [6.45, 7) is 3.33. The second-order valence-electron chi connectivity index (χ2n) is 9.30. The molecule has 4 saturated carbocycles. The Morgan fingerprint density at radius 2 is 1.67 bits per heavy atom. The SMILES string of the molecule is COc1cccc(N2CCN(C(=O)NC34CC5CC(CC(C5)C3)C4)CC2)c1. The monoisotopic (exact) mass is 369 g/mol. The van der Waals surface area contributed by atoms with Crippen LogP contribution in [0.1, 0.15) is 38.5 Å². The number of ether oxygens (including phenoxy) is 1. The van der Waals surface area contributed by atoms with E-state index in [1.807, 2.05) is 17.0 Å². The first-order chi connectivity index (χ1) is 13.1. The van der Waals surface area contributed by atoms with Gasteiger partial charge in [0.25, 0.3) is 0 Å². The van der Waals surface area contributed by atoms with Crippen molar-refractivity contribution in [3.63, 3.8) is 0 Å².